The predicted molar refractivity (Wildman–Crippen MR) is 116 cm³/mol. The smallest absolute Gasteiger partial charge is 0.338 e. The number of amides is 1. The second-order valence-electron chi connectivity index (χ2n) is 6.62. The van der Waals surface area contributed by atoms with Crippen LogP contribution in [-0.2, 0) is 10.0 Å². The Morgan fingerprint density at radius 1 is 1.00 bits per heavy atom. The number of para-hydroxylation sites is 1. The van der Waals surface area contributed by atoms with Crippen molar-refractivity contribution in [3.05, 3.63) is 83.7 Å². The average Bonchev–Trinajstić information content (AvgIpc) is 2.79. The number of ether oxygens (including phenoxy) is 1. The molecular formula is C22H19FN2O6S. The molecule has 3 aromatic rings. The first-order valence-corrected chi connectivity index (χ1v) is 10.7. The molecule has 3 aromatic carbocycles. The van der Waals surface area contributed by atoms with Crippen molar-refractivity contribution in [2.45, 2.75) is 4.90 Å². The van der Waals surface area contributed by atoms with Gasteiger partial charge >= 0.3 is 5.97 Å². The summed E-state index contributed by atoms with van der Waals surface area (Å²) in [6, 6.07) is 15.1. The summed E-state index contributed by atoms with van der Waals surface area (Å²) in [6.45, 7) is 0. The largest absolute Gasteiger partial charge is 0.497 e. The van der Waals surface area contributed by atoms with Gasteiger partial charge in [-0.2, -0.15) is 0 Å². The number of aromatic carboxylic acids is 1. The highest BCUT2D eigenvalue weighted by molar-refractivity contribution is 7.92. The van der Waals surface area contributed by atoms with E-state index in [0.717, 1.165) is 22.5 Å². The number of sulfonamides is 1. The van der Waals surface area contributed by atoms with E-state index in [1.165, 1.54) is 26.3 Å². The third kappa shape index (κ3) is 4.54. The first-order chi connectivity index (χ1) is 15.1. The van der Waals surface area contributed by atoms with Gasteiger partial charge in [0.1, 0.15) is 11.6 Å². The minimum atomic E-state index is -4.30. The minimum Gasteiger partial charge on any atom is -0.497 e. The lowest BCUT2D eigenvalue weighted by atomic mass is 10.1. The molecule has 3 rings (SSSR count). The van der Waals surface area contributed by atoms with Crippen LogP contribution in [0.15, 0.2) is 71.6 Å². The summed E-state index contributed by atoms with van der Waals surface area (Å²) in [4.78, 5) is 23.6. The van der Waals surface area contributed by atoms with Crippen molar-refractivity contribution >= 4 is 33.3 Å². The highest BCUT2D eigenvalue weighted by Crippen LogP contribution is 2.27. The molecule has 0 unspecified atom stereocenters. The number of carboxylic acid groups (broad SMARTS) is 1. The molecule has 0 atom stereocenters. The fraction of sp³-hybridized carbons (Fsp3) is 0.0909. The van der Waals surface area contributed by atoms with Gasteiger partial charge in [-0.3, -0.25) is 9.10 Å². The molecule has 0 radical (unpaired) electrons. The monoisotopic (exact) mass is 458 g/mol. The van der Waals surface area contributed by atoms with E-state index in [0.29, 0.717) is 11.4 Å². The summed E-state index contributed by atoms with van der Waals surface area (Å²) in [7, 11) is -1.56. The zero-order chi connectivity index (χ0) is 23.5. The Hall–Kier alpha value is -3.92. The molecule has 0 saturated carbocycles. The molecule has 2 N–H and O–H groups in total. The summed E-state index contributed by atoms with van der Waals surface area (Å²) in [5.41, 5.74) is -0.180. The molecule has 8 nitrogen and oxygen atoms in total. The highest BCUT2D eigenvalue weighted by atomic mass is 32.2. The number of anilines is 2. The zero-order valence-electron chi connectivity index (χ0n) is 17.1. The van der Waals surface area contributed by atoms with Gasteiger partial charge < -0.3 is 15.2 Å². The average molecular weight is 458 g/mol. The number of nitrogens with zero attached hydrogens (tertiary/aromatic N) is 1. The van der Waals surface area contributed by atoms with Crippen LogP contribution in [0.4, 0.5) is 15.8 Å². The van der Waals surface area contributed by atoms with Gasteiger partial charge in [0.25, 0.3) is 15.9 Å². The molecule has 1 amide bonds. The number of carboxylic acids is 1. The van der Waals surface area contributed by atoms with E-state index in [1.807, 2.05) is 0 Å². The molecule has 0 heterocycles. The number of halogens is 1. The van der Waals surface area contributed by atoms with Crippen LogP contribution in [0.25, 0.3) is 0 Å². The summed E-state index contributed by atoms with van der Waals surface area (Å²) in [6.07, 6.45) is 0. The molecule has 0 bridgehead atoms. The maximum atomic E-state index is 13.7. The fourth-order valence-electron chi connectivity index (χ4n) is 2.93. The number of methoxy groups -OCH3 is 1. The minimum absolute atomic E-state index is 0.0553. The molecule has 0 aliphatic heterocycles. The number of carbonyl (C=O) groups excluding carboxylic acids is 1. The Labute approximate surface area is 183 Å². The van der Waals surface area contributed by atoms with Gasteiger partial charge in [-0.25, -0.2) is 17.6 Å². The Morgan fingerprint density at radius 3 is 2.28 bits per heavy atom. The summed E-state index contributed by atoms with van der Waals surface area (Å²) in [5.74, 6) is -2.60. The van der Waals surface area contributed by atoms with Crippen molar-refractivity contribution in [2.24, 2.45) is 0 Å². The van der Waals surface area contributed by atoms with E-state index in [9.17, 15) is 22.4 Å². The van der Waals surface area contributed by atoms with Crippen LogP contribution in [0.5, 0.6) is 5.75 Å². The number of nitrogens with one attached hydrogen (secondary N) is 1. The van der Waals surface area contributed by atoms with Crippen molar-refractivity contribution < 1.29 is 32.2 Å². The lowest BCUT2D eigenvalue weighted by Crippen LogP contribution is -2.29. The molecule has 0 aromatic heterocycles. The predicted octanol–water partition coefficient (Wildman–Crippen LogP) is 3.61. The van der Waals surface area contributed by atoms with E-state index < -0.39 is 38.2 Å². The number of carbonyl (C=O) groups is 2. The lowest BCUT2D eigenvalue weighted by molar-refractivity contribution is 0.0691. The molecule has 0 spiro atoms. The van der Waals surface area contributed by atoms with Crippen LogP contribution < -0.4 is 14.4 Å². The van der Waals surface area contributed by atoms with E-state index in [-0.39, 0.29) is 11.3 Å². The number of benzene rings is 3. The van der Waals surface area contributed by atoms with Gasteiger partial charge in [0.15, 0.2) is 0 Å². The third-order valence-corrected chi connectivity index (χ3v) is 6.43. The van der Waals surface area contributed by atoms with E-state index in [4.69, 9.17) is 9.84 Å². The van der Waals surface area contributed by atoms with Gasteiger partial charge in [0.2, 0.25) is 0 Å². The van der Waals surface area contributed by atoms with Crippen molar-refractivity contribution in [2.75, 3.05) is 23.8 Å². The van der Waals surface area contributed by atoms with Crippen LogP contribution in [0.1, 0.15) is 20.7 Å². The molecular weight excluding hydrogens is 439 g/mol. The van der Waals surface area contributed by atoms with E-state index in [1.54, 1.807) is 36.4 Å². The molecule has 0 aliphatic carbocycles. The Balaban J connectivity index is 1.95. The van der Waals surface area contributed by atoms with Gasteiger partial charge in [0.05, 0.1) is 28.8 Å². The summed E-state index contributed by atoms with van der Waals surface area (Å²) >= 11 is 0. The van der Waals surface area contributed by atoms with Crippen molar-refractivity contribution in [3.8, 4) is 5.75 Å². The van der Waals surface area contributed by atoms with Crippen LogP contribution in [0.2, 0.25) is 0 Å². The number of hydrogen-bond acceptors (Lipinski definition) is 5. The summed E-state index contributed by atoms with van der Waals surface area (Å²) < 4.78 is 45.8. The molecule has 0 saturated heterocycles. The van der Waals surface area contributed by atoms with Crippen LogP contribution >= 0.6 is 0 Å². The van der Waals surface area contributed by atoms with Crippen LogP contribution in [0.3, 0.4) is 0 Å². The number of hydrogen-bond donors (Lipinski definition) is 2. The molecule has 166 valence electrons. The van der Waals surface area contributed by atoms with Crippen LogP contribution in [-0.4, -0.2) is 39.6 Å². The second-order valence-corrected chi connectivity index (χ2v) is 8.59. The molecule has 0 fully saturated rings. The maximum absolute atomic E-state index is 13.7. The van der Waals surface area contributed by atoms with Crippen molar-refractivity contribution in [1.29, 1.82) is 0 Å². The number of rotatable bonds is 7. The summed E-state index contributed by atoms with van der Waals surface area (Å²) in [5, 5.41) is 11.8. The highest BCUT2D eigenvalue weighted by Gasteiger charge is 2.27. The molecule has 0 aliphatic rings. The van der Waals surface area contributed by atoms with Gasteiger partial charge in [0, 0.05) is 12.7 Å². The standard InChI is InChI=1S/C22H19FN2O6S/c1-25(32(29,30)16-11-12-19(23)18(13-16)22(27)28)20-6-4-3-5-17(20)21(26)24-14-7-9-15(31-2)10-8-14/h3-13H,1-2H3,(H,24,26)(H,27,28). The quantitative estimate of drug-likeness (QED) is 0.559. The van der Waals surface area contributed by atoms with Gasteiger partial charge in [-0.15, -0.1) is 0 Å². The molecule has 32 heavy (non-hydrogen) atoms. The zero-order valence-corrected chi connectivity index (χ0v) is 17.9. The van der Waals surface area contributed by atoms with Gasteiger partial charge in [-0.05, 0) is 54.6 Å². The van der Waals surface area contributed by atoms with Gasteiger partial charge in [-0.1, -0.05) is 12.1 Å². The lowest BCUT2D eigenvalue weighted by Gasteiger charge is -2.22. The van der Waals surface area contributed by atoms with Crippen molar-refractivity contribution in [1.82, 2.24) is 0 Å². The normalized spacial score (nSPS) is 11.0. The van der Waals surface area contributed by atoms with E-state index >= 15 is 0 Å². The van der Waals surface area contributed by atoms with E-state index in [2.05, 4.69) is 5.32 Å². The Kier molecular flexibility index (Phi) is 6.45. The first-order valence-electron chi connectivity index (χ1n) is 9.21. The third-order valence-electron chi connectivity index (χ3n) is 4.66. The Bertz CT molecular complexity index is 1280. The maximum Gasteiger partial charge on any atom is 0.338 e. The Morgan fingerprint density at radius 2 is 1.66 bits per heavy atom. The molecule has 10 heteroatoms. The fourth-order valence-corrected chi connectivity index (χ4v) is 4.17. The van der Waals surface area contributed by atoms with Crippen molar-refractivity contribution in [3.63, 3.8) is 0 Å². The SMILES string of the molecule is COc1ccc(NC(=O)c2ccccc2N(C)S(=O)(=O)c2ccc(F)c(C(=O)O)c2)cc1. The topological polar surface area (TPSA) is 113 Å². The second kappa shape index (κ2) is 9.06. The first kappa shape index (κ1) is 22.8. The van der Waals surface area contributed by atoms with Crippen LogP contribution in [0, 0.1) is 5.82 Å².